The predicted molar refractivity (Wildman–Crippen MR) is 55.9 cm³/mol. The van der Waals surface area contributed by atoms with E-state index in [9.17, 15) is 9.59 Å². The molecule has 1 saturated heterocycles. The summed E-state index contributed by atoms with van der Waals surface area (Å²) >= 11 is 0. The molecule has 2 aliphatic rings. The lowest BCUT2D eigenvalue weighted by atomic mass is 9.99. The van der Waals surface area contributed by atoms with Crippen LogP contribution in [0.2, 0.25) is 0 Å². The van der Waals surface area contributed by atoms with E-state index in [2.05, 4.69) is 6.58 Å². The lowest BCUT2D eigenvalue weighted by Gasteiger charge is -2.31. The van der Waals surface area contributed by atoms with Crippen molar-refractivity contribution in [3.05, 3.63) is 12.7 Å². The number of piperidine rings is 1. The lowest BCUT2D eigenvalue weighted by molar-refractivity contribution is -0.144. The van der Waals surface area contributed by atoms with Crippen molar-refractivity contribution in [3.63, 3.8) is 0 Å². The first-order valence-corrected chi connectivity index (χ1v) is 5.44. The van der Waals surface area contributed by atoms with Gasteiger partial charge in [-0.05, 0) is 25.2 Å². The van der Waals surface area contributed by atoms with E-state index >= 15 is 0 Å². The Balaban J connectivity index is 2.09. The Hall–Kier alpha value is -1.52. The minimum absolute atomic E-state index is 0.0448. The molecule has 88 valence electrons. The van der Waals surface area contributed by atoms with E-state index in [-0.39, 0.29) is 18.6 Å². The molecular formula is C11H15NO4. The van der Waals surface area contributed by atoms with Gasteiger partial charge in [-0.1, -0.05) is 12.7 Å². The molecule has 1 amide bonds. The highest BCUT2D eigenvalue weighted by Gasteiger charge is 2.52. The zero-order valence-corrected chi connectivity index (χ0v) is 8.96. The Morgan fingerprint density at radius 1 is 1.50 bits per heavy atom. The van der Waals surface area contributed by atoms with Crippen LogP contribution < -0.4 is 0 Å². The van der Waals surface area contributed by atoms with E-state index in [0.717, 1.165) is 19.3 Å². The predicted octanol–water partition coefficient (Wildman–Crippen LogP) is 1.25. The monoisotopic (exact) mass is 225 g/mol. The summed E-state index contributed by atoms with van der Waals surface area (Å²) < 4.78 is 4.91. The molecule has 2 rings (SSSR count). The number of carboxylic acid groups (broad SMARTS) is 1. The van der Waals surface area contributed by atoms with Gasteiger partial charge in [-0.25, -0.2) is 9.59 Å². The van der Waals surface area contributed by atoms with Gasteiger partial charge in [-0.15, -0.1) is 0 Å². The Morgan fingerprint density at radius 3 is 2.88 bits per heavy atom. The van der Waals surface area contributed by atoms with E-state index in [0.29, 0.717) is 0 Å². The first-order valence-electron chi connectivity index (χ1n) is 5.44. The van der Waals surface area contributed by atoms with Gasteiger partial charge in [0.1, 0.15) is 12.6 Å². The number of likely N-dealkylation sites (tertiary alicyclic amines) is 1. The maximum Gasteiger partial charge on any atom is 0.411 e. The van der Waals surface area contributed by atoms with Crippen LogP contribution in [0.5, 0.6) is 0 Å². The van der Waals surface area contributed by atoms with E-state index in [1.54, 1.807) is 0 Å². The molecule has 2 bridgehead atoms. The van der Waals surface area contributed by atoms with Gasteiger partial charge in [0.15, 0.2) is 0 Å². The van der Waals surface area contributed by atoms with E-state index in [1.807, 2.05) is 0 Å². The third-order valence-corrected chi connectivity index (χ3v) is 3.37. The van der Waals surface area contributed by atoms with Crippen LogP contribution in [0.15, 0.2) is 12.7 Å². The summed E-state index contributed by atoms with van der Waals surface area (Å²) in [5.41, 5.74) is 0. The van der Waals surface area contributed by atoms with Crippen LogP contribution in [0.4, 0.5) is 4.79 Å². The van der Waals surface area contributed by atoms with Gasteiger partial charge >= 0.3 is 12.1 Å². The van der Waals surface area contributed by atoms with Gasteiger partial charge in [0, 0.05) is 6.04 Å². The summed E-state index contributed by atoms with van der Waals surface area (Å²) in [6, 6.07) is -0.653. The van der Waals surface area contributed by atoms with Crippen molar-refractivity contribution in [1.82, 2.24) is 4.90 Å². The first kappa shape index (κ1) is 11.0. The van der Waals surface area contributed by atoms with Crippen molar-refractivity contribution >= 4 is 12.1 Å². The van der Waals surface area contributed by atoms with Crippen molar-refractivity contribution in [3.8, 4) is 0 Å². The minimum Gasteiger partial charge on any atom is -0.480 e. The average Bonchev–Trinajstić information content (AvgIpc) is 2.84. The number of aliphatic carboxylic acids is 1. The summed E-state index contributed by atoms with van der Waals surface area (Å²) in [6.07, 6.45) is 3.52. The molecule has 1 saturated carbocycles. The zero-order valence-electron chi connectivity index (χ0n) is 8.96. The van der Waals surface area contributed by atoms with Gasteiger partial charge in [-0.3, -0.25) is 4.90 Å². The van der Waals surface area contributed by atoms with Crippen molar-refractivity contribution in [1.29, 1.82) is 0 Å². The van der Waals surface area contributed by atoms with E-state index in [1.165, 1.54) is 11.0 Å². The Labute approximate surface area is 93.7 Å². The summed E-state index contributed by atoms with van der Waals surface area (Å²) in [5.74, 6) is -0.832. The Bertz CT molecular complexity index is 328. The highest BCUT2D eigenvalue weighted by molar-refractivity contribution is 5.81. The first-order chi connectivity index (χ1) is 7.65. The number of nitrogens with zero attached hydrogens (tertiary/aromatic N) is 1. The SMILES string of the molecule is C=CCOC(=O)N1[C@H]2CC[C@H](C2)[C@H]1C(=O)O. The molecule has 3 atom stereocenters. The second-order valence-electron chi connectivity index (χ2n) is 4.28. The summed E-state index contributed by atoms with van der Waals surface area (Å²) in [5, 5.41) is 9.11. The largest absolute Gasteiger partial charge is 0.480 e. The van der Waals surface area contributed by atoms with Crippen molar-refractivity contribution in [2.45, 2.75) is 31.3 Å². The third-order valence-electron chi connectivity index (χ3n) is 3.37. The van der Waals surface area contributed by atoms with Crippen LogP contribution in [-0.2, 0) is 9.53 Å². The second kappa shape index (κ2) is 4.15. The minimum atomic E-state index is -0.928. The van der Waals surface area contributed by atoms with E-state index < -0.39 is 18.1 Å². The highest BCUT2D eigenvalue weighted by atomic mass is 16.6. The molecule has 5 nitrogen and oxygen atoms in total. The van der Waals surface area contributed by atoms with Crippen molar-refractivity contribution < 1.29 is 19.4 Å². The highest BCUT2D eigenvalue weighted by Crippen LogP contribution is 2.42. The molecule has 0 aromatic rings. The fraction of sp³-hybridized carbons (Fsp3) is 0.636. The fourth-order valence-electron chi connectivity index (χ4n) is 2.77. The van der Waals surface area contributed by atoms with Gasteiger partial charge in [0.05, 0.1) is 0 Å². The van der Waals surface area contributed by atoms with E-state index in [4.69, 9.17) is 9.84 Å². The third kappa shape index (κ3) is 1.66. The fourth-order valence-corrected chi connectivity index (χ4v) is 2.77. The number of carbonyl (C=O) groups excluding carboxylic acids is 1. The molecule has 1 aliphatic heterocycles. The van der Waals surface area contributed by atoms with Crippen LogP contribution in [-0.4, -0.2) is 40.8 Å². The lowest BCUT2D eigenvalue weighted by Crippen LogP contribution is -2.49. The molecular weight excluding hydrogens is 210 g/mol. The molecule has 0 aromatic carbocycles. The average molecular weight is 225 g/mol. The summed E-state index contributed by atoms with van der Waals surface area (Å²) in [4.78, 5) is 24.2. The maximum absolute atomic E-state index is 11.7. The van der Waals surface area contributed by atoms with Crippen molar-refractivity contribution in [2.24, 2.45) is 5.92 Å². The molecule has 2 fully saturated rings. The number of ether oxygens (including phenoxy) is 1. The molecule has 0 spiro atoms. The molecule has 5 heteroatoms. The summed E-state index contributed by atoms with van der Waals surface area (Å²) in [6.45, 7) is 3.57. The number of rotatable bonds is 3. The number of fused-ring (bicyclic) bond motifs is 2. The molecule has 1 N–H and O–H groups in total. The number of hydrogen-bond acceptors (Lipinski definition) is 3. The quantitative estimate of drug-likeness (QED) is 0.734. The number of hydrogen-bond donors (Lipinski definition) is 1. The molecule has 1 aliphatic carbocycles. The van der Waals surface area contributed by atoms with Crippen LogP contribution in [0.1, 0.15) is 19.3 Å². The van der Waals surface area contributed by atoms with Crippen LogP contribution >= 0.6 is 0 Å². The molecule has 0 unspecified atom stereocenters. The Morgan fingerprint density at radius 2 is 2.25 bits per heavy atom. The second-order valence-corrected chi connectivity index (χ2v) is 4.28. The smallest absolute Gasteiger partial charge is 0.411 e. The Kier molecular flexibility index (Phi) is 2.85. The van der Waals surface area contributed by atoms with Crippen LogP contribution in [0.25, 0.3) is 0 Å². The van der Waals surface area contributed by atoms with Gasteiger partial charge in [0.2, 0.25) is 0 Å². The molecule has 0 radical (unpaired) electrons. The molecule has 1 heterocycles. The molecule has 0 aromatic heterocycles. The van der Waals surface area contributed by atoms with Crippen LogP contribution in [0.3, 0.4) is 0 Å². The van der Waals surface area contributed by atoms with Crippen molar-refractivity contribution in [2.75, 3.05) is 6.61 Å². The normalized spacial score (nSPS) is 31.5. The number of carboxylic acids is 1. The molecule has 16 heavy (non-hydrogen) atoms. The van der Waals surface area contributed by atoms with Gasteiger partial charge in [-0.2, -0.15) is 0 Å². The topological polar surface area (TPSA) is 66.8 Å². The van der Waals surface area contributed by atoms with Gasteiger partial charge in [0.25, 0.3) is 0 Å². The number of amides is 1. The maximum atomic E-state index is 11.7. The standard InChI is InChI=1S/C11H15NO4/c1-2-5-16-11(15)12-8-4-3-7(6-8)9(12)10(13)14/h2,7-9H,1,3-6H2,(H,13,14)/t7-,8+,9+/m1/s1. The van der Waals surface area contributed by atoms with Crippen LogP contribution in [0, 0.1) is 5.92 Å². The number of carbonyl (C=O) groups is 2. The zero-order chi connectivity index (χ0) is 11.7. The summed E-state index contributed by atoms with van der Waals surface area (Å²) in [7, 11) is 0. The van der Waals surface area contributed by atoms with Gasteiger partial charge < -0.3 is 9.84 Å².